The number of benzene rings is 1. The van der Waals surface area contributed by atoms with Crippen LogP contribution in [0.2, 0.25) is 0 Å². The van der Waals surface area contributed by atoms with Gasteiger partial charge in [0.15, 0.2) is 11.6 Å². The molecule has 1 heterocycles. The summed E-state index contributed by atoms with van der Waals surface area (Å²) in [6, 6.07) is 5.31. The molecule has 0 bridgehead atoms. The highest BCUT2D eigenvalue weighted by Gasteiger charge is 2.12. The van der Waals surface area contributed by atoms with Gasteiger partial charge in [-0.2, -0.15) is 0 Å². The van der Waals surface area contributed by atoms with E-state index >= 15 is 0 Å². The van der Waals surface area contributed by atoms with Crippen LogP contribution in [0.15, 0.2) is 29.6 Å². The molecule has 0 aliphatic carbocycles. The van der Waals surface area contributed by atoms with Crippen LogP contribution in [0.5, 0.6) is 0 Å². The SMILES string of the molecule is Cc1cc(C(N)c2ccc(F)c(F)c2)cs1. The van der Waals surface area contributed by atoms with Gasteiger partial charge in [0, 0.05) is 4.88 Å². The van der Waals surface area contributed by atoms with Crippen LogP contribution in [0.3, 0.4) is 0 Å². The zero-order valence-electron chi connectivity index (χ0n) is 8.71. The summed E-state index contributed by atoms with van der Waals surface area (Å²) in [5, 5.41) is 1.93. The van der Waals surface area contributed by atoms with E-state index in [1.54, 1.807) is 11.3 Å². The fraction of sp³-hybridized carbons (Fsp3) is 0.167. The standard InChI is InChI=1S/C12H11F2NS/c1-7-4-9(6-16-7)12(15)8-2-3-10(13)11(14)5-8/h2-6,12H,15H2,1H3. The van der Waals surface area contributed by atoms with E-state index in [9.17, 15) is 8.78 Å². The molecule has 4 heteroatoms. The summed E-state index contributed by atoms with van der Waals surface area (Å²) in [4.78, 5) is 1.15. The number of nitrogens with two attached hydrogens (primary N) is 1. The molecule has 0 fully saturated rings. The van der Waals surface area contributed by atoms with Crippen molar-refractivity contribution in [3.05, 3.63) is 57.3 Å². The molecule has 0 spiro atoms. The molecule has 1 aromatic carbocycles. The number of hydrogen-bond acceptors (Lipinski definition) is 2. The highest BCUT2D eigenvalue weighted by molar-refractivity contribution is 7.10. The fourth-order valence-electron chi connectivity index (χ4n) is 1.53. The third-order valence-electron chi connectivity index (χ3n) is 2.41. The summed E-state index contributed by atoms with van der Waals surface area (Å²) in [5.41, 5.74) is 7.47. The van der Waals surface area contributed by atoms with E-state index < -0.39 is 17.7 Å². The van der Waals surface area contributed by atoms with Gasteiger partial charge >= 0.3 is 0 Å². The number of aryl methyl sites for hydroxylation is 1. The van der Waals surface area contributed by atoms with Gasteiger partial charge in [0.25, 0.3) is 0 Å². The van der Waals surface area contributed by atoms with E-state index in [2.05, 4.69) is 0 Å². The molecular formula is C12H11F2NS. The van der Waals surface area contributed by atoms with Crippen LogP contribution < -0.4 is 5.73 Å². The van der Waals surface area contributed by atoms with E-state index in [-0.39, 0.29) is 0 Å². The first-order chi connectivity index (χ1) is 7.58. The monoisotopic (exact) mass is 239 g/mol. The molecule has 1 aromatic heterocycles. The summed E-state index contributed by atoms with van der Waals surface area (Å²) < 4.78 is 25.8. The lowest BCUT2D eigenvalue weighted by molar-refractivity contribution is 0.506. The first-order valence-corrected chi connectivity index (χ1v) is 5.71. The van der Waals surface area contributed by atoms with Crippen molar-refractivity contribution < 1.29 is 8.78 Å². The molecule has 2 rings (SSSR count). The largest absolute Gasteiger partial charge is 0.320 e. The van der Waals surface area contributed by atoms with E-state index in [0.717, 1.165) is 22.6 Å². The molecule has 1 atom stereocenters. The Morgan fingerprint density at radius 2 is 1.88 bits per heavy atom. The third-order valence-corrected chi connectivity index (χ3v) is 3.29. The average molecular weight is 239 g/mol. The minimum Gasteiger partial charge on any atom is -0.320 e. The van der Waals surface area contributed by atoms with Crippen molar-refractivity contribution in [2.45, 2.75) is 13.0 Å². The number of thiophene rings is 1. The molecule has 0 aliphatic rings. The maximum Gasteiger partial charge on any atom is 0.159 e. The van der Waals surface area contributed by atoms with Crippen LogP contribution >= 0.6 is 11.3 Å². The lowest BCUT2D eigenvalue weighted by atomic mass is 10.0. The topological polar surface area (TPSA) is 26.0 Å². The molecule has 2 N–H and O–H groups in total. The van der Waals surface area contributed by atoms with Crippen molar-refractivity contribution in [1.29, 1.82) is 0 Å². The maximum atomic E-state index is 13.0. The minimum atomic E-state index is -0.861. The third kappa shape index (κ3) is 2.13. The van der Waals surface area contributed by atoms with Crippen molar-refractivity contribution in [1.82, 2.24) is 0 Å². The average Bonchev–Trinajstić information content (AvgIpc) is 2.68. The predicted molar refractivity (Wildman–Crippen MR) is 61.4 cm³/mol. The molecule has 1 unspecified atom stereocenters. The van der Waals surface area contributed by atoms with Crippen molar-refractivity contribution >= 4 is 11.3 Å². The summed E-state index contributed by atoms with van der Waals surface area (Å²) in [6.07, 6.45) is 0. The Morgan fingerprint density at radius 3 is 2.44 bits per heavy atom. The molecule has 1 nitrogen and oxygen atoms in total. The van der Waals surface area contributed by atoms with Crippen molar-refractivity contribution in [3.8, 4) is 0 Å². The van der Waals surface area contributed by atoms with E-state index in [1.165, 1.54) is 6.07 Å². The Labute approximate surface area is 96.5 Å². The molecule has 0 saturated carbocycles. The minimum absolute atomic E-state index is 0.403. The normalized spacial score (nSPS) is 12.8. The zero-order chi connectivity index (χ0) is 11.7. The first-order valence-electron chi connectivity index (χ1n) is 4.83. The molecule has 0 saturated heterocycles. The molecular weight excluding hydrogens is 228 g/mol. The van der Waals surface area contributed by atoms with Crippen molar-refractivity contribution in [2.24, 2.45) is 5.73 Å². The Hall–Kier alpha value is -1.26. The van der Waals surface area contributed by atoms with Gasteiger partial charge in [0.2, 0.25) is 0 Å². The molecule has 84 valence electrons. The van der Waals surface area contributed by atoms with E-state index in [1.807, 2.05) is 18.4 Å². The number of hydrogen-bond donors (Lipinski definition) is 1. The van der Waals surface area contributed by atoms with Crippen LogP contribution in [0.4, 0.5) is 8.78 Å². The fourth-order valence-corrected chi connectivity index (χ4v) is 2.27. The van der Waals surface area contributed by atoms with Crippen LogP contribution in [0.25, 0.3) is 0 Å². The second kappa shape index (κ2) is 4.31. The highest BCUT2D eigenvalue weighted by atomic mass is 32.1. The molecule has 0 amide bonds. The van der Waals surface area contributed by atoms with Gasteiger partial charge in [-0.25, -0.2) is 8.78 Å². The van der Waals surface area contributed by atoms with Gasteiger partial charge in [-0.3, -0.25) is 0 Å². The van der Waals surface area contributed by atoms with Gasteiger partial charge in [-0.05, 0) is 41.6 Å². The van der Waals surface area contributed by atoms with Gasteiger partial charge in [0.1, 0.15) is 0 Å². The van der Waals surface area contributed by atoms with Crippen LogP contribution in [0, 0.1) is 18.6 Å². The summed E-state index contributed by atoms with van der Waals surface area (Å²) in [6.45, 7) is 1.98. The predicted octanol–water partition coefficient (Wildman–Crippen LogP) is 3.38. The summed E-state index contributed by atoms with van der Waals surface area (Å²) in [5.74, 6) is -1.71. The van der Waals surface area contributed by atoms with Crippen molar-refractivity contribution in [2.75, 3.05) is 0 Å². The quantitative estimate of drug-likeness (QED) is 0.854. The second-order valence-corrected chi connectivity index (χ2v) is 4.76. The van der Waals surface area contributed by atoms with Gasteiger partial charge in [-0.15, -0.1) is 11.3 Å². The van der Waals surface area contributed by atoms with Crippen LogP contribution in [-0.4, -0.2) is 0 Å². The summed E-state index contributed by atoms with van der Waals surface area (Å²) >= 11 is 1.59. The number of rotatable bonds is 2. The molecule has 2 aromatic rings. The van der Waals surface area contributed by atoms with E-state index in [4.69, 9.17) is 5.73 Å². The Kier molecular flexibility index (Phi) is 3.03. The Morgan fingerprint density at radius 1 is 1.12 bits per heavy atom. The Balaban J connectivity index is 2.33. The highest BCUT2D eigenvalue weighted by Crippen LogP contribution is 2.25. The van der Waals surface area contributed by atoms with Crippen molar-refractivity contribution in [3.63, 3.8) is 0 Å². The van der Waals surface area contributed by atoms with E-state index in [0.29, 0.717) is 5.56 Å². The second-order valence-electron chi connectivity index (χ2n) is 3.64. The lowest BCUT2D eigenvalue weighted by Gasteiger charge is -2.10. The van der Waals surface area contributed by atoms with Gasteiger partial charge in [-0.1, -0.05) is 6.07 Å². The van der Waals surface area contributed by atoms with Crippen LogP contribution in [0.1, 0.15) is 22.0 Å². The smallest absolute Gasteiger partial charge is 0.159 e. The molecule has 0 radical (unpaired) electrons. The Bertz CT molecular complexity index is 507. The van der Waals surface area contributed by atoms with Crippen LogP contribution in [-0.2, 0) is 0 Å². The number of halogens is 2. The lowest BCUT2D eigenvalue weighted by Crippen LogP contribution is -2.11. The van der Waals surface area contributed by atoms with Gasteiger partial charge < -0.3 is 5.73 Å². The molecule has 0 aliphatic heterocycles. The van der Waals surface area contributed by atoms with Gasteiger partial charge in [0.05, 0.1) is 6.04 Å². The summed E-state index contributed by atoms with van der Waals surface area (Å²) in [7, 11) is 0. The molecule has 16 heavy (non-hydrogen) atoms. The first kappa shape index (κ1) is 11.2. The zero-order valence-corrected chi connectivity index (χ0v) is 9.52. The maximum absolute atomic E-state index is 13.0.